The van der Waals surface area contributed by atoms with Crippen molar-refractivity contribution in [3.05, 3.63) is 34.5 Å². The number of hydrogen-bond donors (Lipinski definition) is 1. The van der Waals surface area contributed by atoms with Gasteiger partial charge in [-0.3, -0.25) is 0 Å². The summed E-state index contributed by atoms with van der Waals surface area (Å²) in [5.41, 5.74) is -0.429. The van der Waals surface area contributed by atoms with E-state index in [1.807, 2.05) is 0 Å². The SMILES string of the molecule is N#CC(C#N)=C(C#N)Nc1ccc(OC(F)F)c(Cl)c1. The van der Waals surface area contributed by atoms with E-state index in [0.29, 0.717) is 0 Å². The molecule has 0 spiro atoms. The quantitative estimate of drug-likeness (QED) is 0.861. The second-order valence-electron chi connectivity index (χ2n) is 3.23. The molecule has 0 aliphatic carbocycles. The Morgan fingerprint density at radius 3 is 2.30 bits per heavy atom. The first kappa shape index (κ1) is 15.2. The monoisotopic (exact) mass is 294 g/mol. The van der Waals surface area contributed by atoms with Gasteiger partial charge in [-0.25, -0.2) is 0 Å². The smallest absolute Gasteiger partial charge is 0.387 e. The van der Waals surface area contributed by atoms with E-state index >= 15 is 0 Å². The Bertz CT molecular complexity index is 652. The standard InChI is InChI=1S/C12H5ClF2N4O/c13-9-3-8(1-2-11(9)20-12(14)15)19-10(6-18)7(4-16)5-17/h1-3,12,19H. The lowest BCUT2D eigenvalue weighted by Gasteiger charge is -2.09. The van der Waals surface area contributed by atoms with Crippen molar-refractivity contribution in [1.29, 1.82) is 15.8 Å². The van der Waals surface area contributed by atoms with Gasteiger partial charge in [-0.1, -0.05) is 11.6 Å². The van der Waals surface area contributed by atoms with Gasteiger partial charge in [-0.2, -0.15) is 24.6 Å². The molecular weight excluding hydrogens is 290 g/mol. The van der Waals surface area contributed by atoms with Gasteiger partial charge >= 0.3 is 6.61 Å². The van der Waals surface area contributed by atoms with Crippen LogP contribution in [0.15, 0.2) is 29.5 Å². The molecule has 0 fully saturated rings. The van der Waals surface area contributed by atoms with E-state index in [2.05, 4.69) is 10.1 Å². The number of allylic oxidation sites excluding steroid dienone is 2. The number of nitrogens with zero attached hydrogens (tertiary/aromatic N) is 3. The lowest BCUT2D eigenvalue weighted by atomic mass is 10.2. The Hall–Kier alpha value is -2.82. The minimum absolute atomic E-state index is 0.108. The Morgan fingerprint density at radius 1 is 1.20 bits per heavy atom. The summed E-state index contributed by atoms with van der Waals surface area (Å²) >= 11 is 5.72. The summed E-state index contributed by atoms with van der Waals surface area (Å²) in [7, 11) is 0. The number of alkyl halides is 2. The van der Waals surface area contributed by atoms with Crippen LogP contribution in [0.2, 0.25) is 5.02 Å². The highest BCUT2D eigenvalue weighted by Gasteiger charge is 2.11. The van der Waals surface area contributed by atoms with Crippen LogP contribution in [0.25, 0.3) is 0 Å². The second kappa shape index (κ2) is 6.94. The Morgan fingerprint density at radius 2 is 1.85 bits per heavy atom. The molecule has 0 heterocycles. The fourth-order valence-corrected chi connectivity index (χ4v) is 1.42. The average molecular weight is 295 g/mol. The number of rotatable bonds is 4. The predicted molar refractivity (Wildman–Crippen MR) is 65.6 cm³/mol. The first-order valence-corrected chi connectivity index (χ1v) is 5.35. The van der Waals surface area contributed by atoms with Crippen molar-refractivity contribution in [2.24, 2.45) is 0 Å². The van der Waals surface area contributed by atoms with Crippen LogP contribution in [0, 0.1) is 34.0 Å². The lowest BCUT2D eigenvalue weighted by Crippen LogP contribution is -2.04. The molecule has 0 aliphatic heterocycles. The van der Waals surface area contributed by atoms with Crippen molar-refractivity contribution < 1.29 is 13.5 Å². The third-order valence-corrected chi connectivity index (χ3v) is 2.30. The van der Waals surface area contributed by atoms with Crippen LogP contribution < -0.4 is 10.1 Å². The molecule has 0 unspecified atom stereocenters. The van der Waals surface area contributed by atoms with Crippen molar-refractivity contribution in [2.75, 3.05) is 5.32 Å². The molecule has 1 N–H and O–H groups in total. The van der Waals surface area contributed by atoms with Crippen molar-refractivity contribution >= 4 is 17.3 Å². The van der Waals surface area contributed by atoms with Crippen molar-refractivity contribution in [2.45, 2.75) is 6.61 Å². The third-order valence-electron chi connectivity index (χ3n) is 2.00. The van der Waals surface area contributed by atoms with E-state index in [4.69, 9.17) is 27.4 Å². The predicted octanol–water partition coefficient (Wildman–Crippen LogP) is 3.18. The number of nitriles is 3. The molecule has 5 nitrogen and oxygen atoms in total. The first-order valence-electron chi connectivity index (χ1n) is 4.97. The number of hydrogen-bond acceptors (Lipinski definition) is 5. The summed E-state index contributed by atoms with van der Waals surface area (Å²) in [5, 5.41) is 28.5. The van der Waals surface area contributed by atoms with Gasteiger partial charge in [0.05, 0.1) is 5.02 Å². The molecule has 0 aliphatic rings. The molecule has 0 atom stereocenters. The molecule has 1 aromatic carbocycles. The zero-order valence-corrected chi connectivity index (χ0v) is 10.4. The Balaban J connectivity index is 3.05. The van der Waals surface area contributed by atoms with Crippen molar-refractivity contribution in [3.63, 3.8) is 0 Å². The van der Waals surface area contributed by atoms with Gasteiger partial charge in [0.1, 0.15) is 29.7 Å². The average Bonchev–Trinajstić information content (AvgIpc) is 2.41. The van der Waals surface area contributed by atoms with Gasteiger partial charge < -0.3 is 10.1 Å². The van der Waals surface area contributed by atoms with E-state index in [9.17, 15) is 8.78 Å². The number of halogens is 3. The van der Waals surface area contributed by atoms with Crippen LogP contribution in [-0.4, -0.2) is 6.61 Å². The Labute approximate surface area is 117 Å². The number of benzene rings is 1. The van der Waals surface area contributed by atoms with Gasteiger partial charge in [0, 0.05) is 5.69 Å². The van der Waals surface area contributed by atoms with Crippen LogP contribution >= 0.6 is 11.6 Å². The van der Waals surface area contributed by atoms with Crippen LogP contribution in [0.4, 0.5) is 14.5 Å². The van der Waals surface area contributed by atoms with E-state index in [1.165, 1.54) is 18.2 Å². The molecule has 0 amide bonds. The Kier molecular flexibility index (Phi) is 5.29. The highest BCUT2D eigenvalue weighted by atomic mass is 35.5. The number of nitrogens with one attached hydrogen (secondary N) is 1. The van der Waals surface area contributed by atoms with E-state index < -0.39 is 12.2 Å². The van der Waals surface area contributed by atoms with Crippen LogP contribution in [0.3, 0.4) is 0 Å². The first-order chi connectivity index (χ1) is 9.51. The van der Waals surface area contributed by atoms with Gasteiger partial charge in [0.2, 0.25) is 0 Å². The van der Waals surface area contributed by atoms with Gasteiger partial charge in [-0.15, -0.1) is 0 Å². The summed E-state index contributed by atoms with van der Waals surface area (Å²) in [6.07, 6.45) is 0. The number of anilines is 1. The maximum Gasteiger partial charge on any atom is 0.387 e. The summed E-state index contributed by atoms with van der Waals surface area (Å²) in [4.78, 5) is 0. The maximum atomic E-state index is 12.0. The fraction of sp³-hybridized carbons (Fsp3) is 0.0833. The number of ether oxygens (including phenoxy) is 1. The van der Waals surface area contributed by atoms with Gasteiger partial charge in [0.15, 0.2) is 5.57 Å². The molecule has 1 rings (SSSR count). The molecular formula is C12H5ClF2N4O. The minimum Gasteiger partial charge on any atom is -0.433 e. The van der Waals surface area contributed by atoms with E-state index in [0.717, 1.165) is 0 Å². The van der Waals surface area contributed by atoms with Crippen molar-refractivity contribution in [3.8, 4) is 24.0 Å². The zero-order valence-electron chi connectivity index (χ0n) is 9.69. The molecule has 8 heteroatoms. The minimum atomic E-state index is -3.01. The molecule has 20 heavy (non-hydrogen) atoms. The third kappa shape index (κ3) is 3.84. The molecule has 0 radical (unpaired) electrons. The van der Waals surface area contributed by atoms with Gasteiger partial charge in [-0.05, 0) is 18.2 Å². The van der Waals surface area contributed by atoms with Crippen LogP contribution in [-0.2, 0) is 0 Å². The lowest BCUT2D eigenvalue weighted by molar-refractivity contribution is -0.0497. The molecule has 0 bridgehead atoms. The van der Waals surface area contributed by atoms with Crippen molar-refractivity contribution in [1.82, 2.24) is 0 Å². The summed E-state index contributed by atoms with van der Waals surface area (Å²) in [6, 6.07) is 8.46. The van der Waals surface area contributed by atoms with Gasteiger partial charge in [0.25, 0.3) is 0 Å². The molecule has 0 saturated heterocycles. The zero-order chi connectivity index (χ0) is 15.1. The fourth-order valence-electron chi connectivity index (χ4n) is 1.20. The highest BCUT2D eigenvalue weighted by molar-refractivity contribution is 6.32. The largest absolute Gasteiger partial charge is 0.433 e. The van der Waals surface area contributed by atoms with Crippen LogP contribution in [0.1, 0.15) is 0 Å². The summed E-state index contributed by atoms with van der Waals surface area (Å²) < 4.78 is 28.2. The maximum absolute atomic E-state index is 12.0. The van der Waals surface area contributed by atoms with Crippen LogP contribution in [0.5, 0.6) is 5.75 Å². The molecule has 0 aromatic heterocycles. The molecule has 0 saturated carbocycles. The summed E-state index contributed by atoms with van der Waals surface area (Å²) in [5.74, 6) is -0.226. The second-order valence-corrected chi connectivity index (χ2v) is 3.64. The molecule has 100 valence electrons. The molecule has 1 aromatic rings. The normalized spacial score (nSPS) is 9.05. The van der Waals surface area contributed by atoms with E-state index in [1.54, 1.807) is 18.2 Å². The highest BCUT2D eigenvalue weighted by Crippen LogP contribution is 2.29. The topological polar surface area (TPSA) is 92.6 Å². The van der Waals surface area contributed by atoms with E-state index in [-0.39, 0.29) is 22.2 Å². The summed E-state index contributed by atoms with van der Waals surface area (Å²) in [6.45, 7) is -3.01.